The van der Waals surface area contributed by atoms with Gasteiger partial charge in [0.25, 0.3) is 0 Å². The van der Waals surface area contributed by atoms with Crippen molar-refractivity contribution in [3.63, 3.8) is 0 Å². The van der Waals surface area contributed by atoms with Crippen LogP contribution in [0.4, 0.5) is 4.39 Å². The van der Waals surface area contributed by atoms with Gasteiger partial charge in [0.2, 0.25) is 11.8 Å². The molecule has 2 aliphatic rings. The van der Waals surface area contributed by atoms with Gasteiger partial charge in [0.1, 0.15) is 5.82 Å². The average molecular weight is 409 g/mol. The summed E-state index contributed by atoms with van der Waals surface area (Å²) in [6, 6.07) is 14.6. The summed E-state index contributed by atoms with van der Waals surface area (Å²) in [5, 5.41) is 0. The first-order valence-corrected chi connectivity index (χ1v) is 10.9. The number of amides is 2. The summed E-state index contributed by atoms with van der Waals surface area (Å²) in [5.41, 5.74) is 2.47. The lowest BCUT2D eigenvalue weighted by molar-refractivity contribution is -0.143. The van der Waals surface area contributed by atoms with E-state index in [0.717, 1.165) is 42.6 Å². The summed E-state index contributed by atoms with van der Waals surface area (Å²) >= 11 is 0. The maximum Gasteiger partial charge on any atom is 0.230 e. The van der Waals surface area contributed by atoms with Crippen molar-refractivity contribution in [3.05, 3.63) is 59.9 Å². The standard InChI is InChI=1S/C25H29FN2O2/c1-19(29)28-15-12-25(18-28,24(30)27-13-3-2-4-14-27)17-20-6-5-7-22(16-20)21-8-10-23(26)11-9-21/h5-11,16H,2-4,12-15,17-18H2,1H3/t25-/m0/s1. The van der Waals surface area contributed by atoms with E-state index in [4.69, 9.17) is 0 Å². The van der Waals surface area contributed by atoms with Crippen LogP contribution in [0.1, 0.15) is 38.2 Å². The molecule has 2 heterocycles. The van der Waals surface area contributed by atoms with Crippen molar-refractivity contribution in [2.45, 2.75) is 39.0 Å². The van der Waals surface area contributed by atoms with E-state index in [2.05, 4.69) is 12.1 Å². The Kier molecular flexibility index (Phi) is 5.89. The second-order valence-electron chi connectivity index (χ2n) is 8.71. The lowest BCUT2D eigenvalue weighted by atomic mass is 9.78. The summed E-state index contributed by atoms with van der Waals surface area (Å²) < 4.78 is 13.3. The fraction of sp³-hybridized carbons (Fsp3) is 0.440. The van der Waals surface area contributed by atoms with Gasteiger partial charge >= 0.3 is 0 Å². The van der Waals surface area contributed by atoms with Crippen LogP contribution in [0.2, 0.25) is 0 Å². The van der Waals surface area contributed by atoms with Crippen molar-refractivity contribution in [1.29, 1.82) is 0 Å². The first-order valence-electron chi connectivity index (χ1n) is 10.9. The minimum absolute atomic E-state index is 0.0309. The summed E-state index contributed by atoms with van der Waals surface area (Å²) in [7, 11) is 0. The third kappa shape index (κ3) is 4.25. The molecule has 5 heteroatoms. The highest BCUT2D eigenvalue weighted by Gasteiger charge is 2.47. The lowest BCUT2D eigenvalue weighted by Gasteiger charge is -2.36. The number of nitrogens with zero attached hydrogens (tertiary/aromatic N) is 2. The van der Waals surface area contributed by atoms with Crippen LogP contribution in [0.25, 0.3) is 11.1 Å². The van der Waals surface area contributed by atoms with Gasteiger partial charge in [0.05, 0.1) is 5.41 Å². The molecule has 2 fully saturated rings. The molecule has 4 nitrogen and oxygen atoms in total. The highest BCUT2D eigenvalue weighted by atomic mass is 19.1. The zero-order valence-electron chi connectivity index (χ0n) is 17.6. The topological polar surface area (TPSA) is 40.6 Å². The lowest BCUT2D eigenvalue weighted by Crippen LogP contribution is -2.49. The molecular weight excluding hydrogens is 379 g/mol. The normalized spacial score (nSPS) is 21.7. The van der Waals surface area contributed by atoms with Crippen molar-refractivity contribution in [2.24, 2.45) is 5.41 Å². The average Bonchev–Trinajstić information content (AvgIpc) is 3.20. The smallest absolute Gasteiger partial charge is 0.230 e. The molecule has 2 aromatic rings. The second kappa shape index (κ2) is 8.58. The van der Waals surface area contributed by atoms with E-state index in [0.29, 0.717) is 25.9 Å². The number of hydrogen-bond donors (Lipinski definition) is 0. The van der Waals surface area contributed by atoms with Gasteiger partial charge in [-0.2, -0.15) is 0 Å². The highest BCUT2D eigenvalue weighted by molar-refractivity contribution is 5.85. The molecule has 0 unspecified atom stereocenters. The summed E-state index contributed by atoms with van der Waals surface area (Å²) in [5.74, 6) is -0.0298. The molecule has 2 aromatic carbocycles. The predicted molar refractivity (Wildman–Crippen MR) is 115 cm³/mol. The second-order valence-corrected chi connectivity index (χ2v) is 8.71. The van der Waals surface area contributed by atoms with E-state index in [1.807, 2.05) is 21.9 Å². The third-order valence-corrected chi connectivity index (χ3v) is 6.54. The number of carbonyl (C=O) groups is 2. The zero-order valence-corrected chi connectivity index (χ0v) is 17.6. The van der Waals surface area contributed by atoms with E-state index in [1.54, 1.807) is 19.1 Å². The number of carbonyl (C=O) groups excluding carboxylic acids is 2. The van der Waals surface area contributed by atoms with Gasteiger partial charge in [-0.3, -0.25) is 9.59 Å². The Hall–Kier alpha value is -2.69. The van der Waals surface area contributed by atoms with E-state index >= 15 is 0 Å². The Morgan fingerprint density at radius 1 is 0.933 bits per heavy atom. The predicted octanol–water partition coefficient (Wildman–Crippen LogP) is 4.29. The van der Waals surface area contributed by atoms with Gasteiger partial charge in [0.15, 0.2) is 0 Å². The highest BCUT2D eigenvalue weighted by Crippen LogP contribution is 2.38. The SMILES string of the molecule is CC(=O)N1CC[C@@](Cc2cccc(-c3ccc(F)cc3)c2)(C(=O)N2CCCCC2)C1. The molecule has 2 saturated heterocycles. The van der Waals surface area contributed by atoms with E-state index in [1.165, 1.54) is 18.6 Å². The molecule has 0 aromatic heterocycles. The molecular formula is C25H29FN2O2. The maximum atomic E-state index is 13.6. The quantitative estimate of drug-likeness (QED) is 0.757. The van der Waals surface area contributed by atoms with E-state index in [9.17, 15) is 14.0 Å². The molecule has 4 rings (SSSR count). The number of benzene rings is 2. The molecule has 0 N–H and O–H groups in total. The number of piperidine rings is 1. The van der Waals surface area contributed by atoms with Crippen LogP contribution >= 0.6 is 0 Å². The Labute approximate surface area is 177 Å². The Morgan fingerprint density at radius 3 is 2.33 bits per heavy atom. The molecule has 0 bridgehead atoms. The van der Waals surface area contributed by atoms with Crippen LogP contribution in [-0.4, -0.2) is 47.8 Å². The zero-order chi connectivity index (χ0) is 21.1. The fourth-order valence-corrected chi connectivity index (χ4v) is 4.86. The fourth-order valence-electron chi connectivity index (χ4n) is 4.86. The first-order chi connectivity index (χ1) is 14.5. The number of likely N-dealkylation sites (tertiary alicyclic amines) is 2. The largest absolute Gasteiger partial charge is 0.342 e. The Bertz CT molecular complexity index is 921. The molecule has 158 valence electrons. The summed E-state index contributed by atoms with van der Waals surface area (Å²) in [6.07, 6.45) is 4.59. The number of halogens is 1. The van der Waals surface area contributed by atoms with Crippen LogP contribution in [0.5, 0.6) is 0 Å². The van der Waals surface area contributed by atoms with Gasteiger partial charge < -0.3 is 9.80 Å². The van der Waals surface area contributed by atoms with E-state index in [-0.39, 0.29) is 17.6 Å². The van der Waals surface area contributed by atoms with Crippen molar-refractivity contribution in [2.75, 3.05) is 26.2 Å². The molecule has 0 spiro atoms. The first kappa shape index (κ1) is 20.6. The van der Waals surface area contributed by atoms with Crippen molar-refractivity contribution >= 4 is 11.8 Å². The van der Waals surface area contributed by atoms with Crippen molar-refractivity contribution in [3.8, 4) is 11.1 Å². The van der Waals surface area contributed by atoms with Crippen LogP contribution in [0.15, 0.2) is 48.5 Å². The molecule has 0 saturated carbocycles. The van der Waals surface area contributed by atoms with Crippen molar-refractivity contribution in [1.82, 2.24) is 9.80 Å². The number of hydrogen-bond acceptors (Lipinski definition) is 2. The molecule has 0 aliphatic carbocycles. The maximum absolute atomic E-state index is 13.6. The van der Waals surface area contributed by atoms with Gasteiger partial charge in [-0.25, -0.2) is 4.39 Å². The monoisotopic (exact) mass is 408 g/mol. The number of rotatable bonds is 4. The third-order valence-electron chi connectivity index (χ3n) is 6.54. The Morgan fingerprint density at radius 2 is 1.67 bits per heavy atom. The van der Waals surface area contributed by atoms with Crippen LogP contribution < -0.4 is 0 Å². The molecule has 1 atom stereocenters. The van der Waals surface area contributed by atoms with Gasteiger partial charge in [0, 0.05) is 33.1 Å². The van der Waals surface area contributed by atoms with Crippen molar-refractivity contribution < 1.29 is 14.0 Å². The minimum Gasteiger partial charge on any atom is -0.342 e. The van der Waals surface area contributed by atoms with Crippen LogP contribution in [0.3, 0.4) is 0 Å². The van der Waals surface area contributed by atoms with E-state index < -0.39 is 5.41 Å². The minimum atomic E-state index is -0.565. The van der Waals surface area contributed by atoms with Gasteiger partial charge in [-0.1, -0.05) is 36.4 Å². The molecule has 30 heavy (non-hydrogen) atoms. The molecule has 2 amide bonds. The summed E-state index contributed by atoms with van der Waals surface area (Å²) in [4.78, 5) is 29.5. The van der Waals surface area contributed by atoms with Gasteiger partial charge in [-0.05, 0) is 60.9 Å². The summed E-state index contributed by atoms with van der Waals surface area (Å²) in [6.45, 7) is 4.33. The van der Waals surface area contributed by atoms with Crippen LogP contribution in [0, 0.1) is 11.2 Å². The van der Waals surface area contributed by atoms with Crippen LogP contribution in [-0.2, 0) is 16.0 Å². The van der Waals surface area contributed by atoms with Gasteiger partial charge in [-0.15, -0.1) is 0 Å². The molecule has 2 aliphatic heterocycles. The Balaban J connectivity index is 1.62. The molecule has 0 radical (unpaired) electrons.